The van der Waals surface area contributed by atoms with Crippen LogP contribution in [-0.4, -0.2) is 29.3 Å². The summed E-state index contributed by atoms with van der Waals surface area (Å²) in [5, 5.41) is 0. The van der Waals surface area contributed by atoms with Crippen molar-refractivity contribution in [1.82, 2.24) is 4.90 Å². The van der Waals surface area contributed by atoms with Crippen LogP contribution in [0.15, 0.2) is 24.3 Å². The van der Waals surface area contributed by atoms with Crippen LogP contribution in [0.5, 0.6) is 0 Å². The number of carbonyl (C=O) groups is 1. The van der Waals surface area contributed by atoms with Gasteiger partial charge in [-0.3, -0.25) is 9.69 Å². The molecule has 2 heteroatoms. The van der Waals surface area contributed by atoms with Crippen LogP contribution in [0.2, 0.25) is 0 Å². The van der Waals surface area contributed by atoms with Gasteiger partial charge in [-0.2, -0.15) is 0 Å². The molecule has 1 atom stereocenters. The maximum absolute atomic E-state index is 12.7. The molecule has 0 spiro atoms. The molecule has 0 saturated heterocycles. The number of likely N-dealkylation sites (N-methyl/N-ethyl adjacent to an activating group) is 1. The summed E-state index contributed by atoms with van der Waals surface area (Å²) in [6.07, 6.45) is 1.39. The van der Waals surface area contributed by atoms with E-state index in [0.717, 1.165) is 25.1 Å². The zero-order valence-corrected chi connectivity index (χ0v) is 13.0. The van der Waals surface area contributed by atoms with Crippen LogP contribution in [0.3, 0.4) is 0 Å². The third kappa shape index (κ3) is 3.66. The number of aryl methyl sites for hydroxylation is 1. The largest absolute Gasteiger partial charge is 0.297 e. The summed E-state index contributed by atoms with van der Waals surface area (Å²) in [6, 6.07) is 8.27. The quantitative estimate of drug-likeness (QED) is 0.747. The second kappa shape index (κ2) is 6.85. The summed E-state index contributed by atoms with van der Waals surface area (Å²) >= 11 is 0. The zero-order valence-electron chi connectivity index (χ0n) is 13.0. The number of nitrogens with zero attached hydrogens (tertiary/aromatic N) is 1. The van der Waals surface area contributed by atoms with Crippen molar-refractivity contribution in [1.29, 1.82) is 0 Å². The second-order valence-electron chi connectivity index (χ2n) is 5.39. The Bertz CT molecular complexity index is 406. The maximum atomic E-state index is 12.7. The Morgan fingerprint density at radius 3 is 2.05 bits per heavy atom. The number of benzene rings is 1. The summed E-state index contributed by atoms with van der Waals surface area (Å²) < 4.78 is 0. The number of hydrogen-bond donors (Lipinski definition) is 0. The van der Waals surface area contributed by atoms with Crippen LogP contribution in [0.1, 0.15) is 45.2 Å². The molecule has 2 nitrogen and oxygen atoms in total. The third-order valence-corrected chi connectivity index (χ3v) is 4.24. The standard InChI is InChI=1S/C17H27NO/c1-6-17(5,18(7-2)8-3)16(19)13-15-11-9-14(4)10-12-15/h9-12H,6-8,13H2,1-5H3. The normalized spacial score (nSPS) is 14.4. The molecule has 19 heavy (non-hydrogen) atoms. The Morgan fingerprint density at radius 1 is 1.11 bits per heavy atom. The Labute approximate surface area is 117 Å². The molecule has 1 rings (SSSR count). The summed E-state index contributed by atoms with van der Waals surface area (Å²) in [6.45, 7) is 12.3. The fraction of sp³-hybridized carbons (Fsp3) is 0.588. The fourth-order valence-electron chi connectivity index (χ4n) is 2.60. The zero-order chi connectivity index (χ0) is 14.5. The Hall–Kier alpha value is -1.15. The lowest BCUT2D eigenvalue weighted by Gasteiger charge is -2.38. The number of ketones is 1. The molecule has 0 saturated carbocycles. The van der Waals surface area contributed by atoms with E-state index in [0.29, 0.717) is 12.2 Å². The van der Waals surface area contributed by atoms with E-state index in [9.17, 15) is 4.79 Å². The fourth-order valence-corrected chi connectivity index (χ4v) is 2.60. The molecule has 0 bridgehead atoms. The molecule has 0 aliphatic carbocycles. The number of hydrogen-bond acceptors (Lipinski definition) is 2. The first-order chi connectivity index (χ1) is 8.97. The van der Waals surface area contributed by atoms with E-state index in [2.05, 4.69) is 63.8 Å². The summed E-state index contributed by atoms with van der Waals surface area (Å²) in [5.41, 5.74) is 2.01. The van der Waals surface area contributed by atoms with Crippen LogP contribution in [-0.2, 0) is 11.2 Å². The van der Waals surface area contributed by atoms with E-state index >= 15 is 0 Å². The van der Waals surface area contributed by atoms with E-state index in [1.54, 1.807) is 0 Å². The van der Waals surface area contributed by atoms with Crippen molar-refractivity contribution in [2.75, 3.05) is 13.1 Å². The van der Waals surface area contributed by atoms with E-state index in [1.165, 1.54) is 5.56 Å². The smallest absolute Gasteiger partial charge is 0.157 e. The summed E-state index contributed by atoms with van der Waals surface area (Å²) in [7, 11) is 0. The minimum absolute atomic E-state index is 0.322. The van der Waals surface area contributed by atoms with E-state index in [-0.39, 0.29) is 5.54 Å². The van der Waals surface area contributed by atoms with Crippen LogP contribution in [0, 0.1) is 6.92 Å². The van der Waals surface area contributed by atoms with Crippen LogP contribution >= 0.6 is 0 Å². The van der Waals surface area contributed by atoms with Gasteiger partial charge in [0.15, 0.2) is 5.78 Å². The van der Waals surface area contributed by atoms with Gasteiger partial charge in [0.05, 0.1) is 5.54 Å². The van der Waals surface area contributed by atoms with Crippen LogP contribution in [0.25, 0.3) is 0 Å². The van der Waals surface area contributed by atoms with E-state index in [1.807, 2.05) is 0 Å². The molecular formula is C17H27NO. The van der Waals surface area contributed by atoms with Crippen LogP contribution in [0.4, 0.5) is 0 Å². The van der Waals surface area contributed by atoms with E-state index < -0.39 is 0 Å². The molecule has 0 aromatic heterocycles. The molecule has 106 valence electrons. The predicted octanol–water partition coefficient (Wildman–Crippen LogP) is 3.62. The molecule has 1 aromatic carbocycles. The van der Waals surface area contributed by atoms with Gasteiger partial charge in [-0.25, -0.2) is 0 Å². The SMILES string of the molecule is CCN(CC)C(C)(CC)C(=O)Cc1ccc(C)cc1. The number of Topliss-reactive ketones (excluding diaryl/α,β-unsaturated/α-hetero) is 1. The molecular weight excluding hydrogens is 234 g/mol. The Balaban J connectivity index is 2.87. The Kier molecular flexibility index (Phi) is 5.74. The van der Waals surface area contributed by atoms with Crippen molar-refractivity contribution < 1.29 is 4.79 Å². The highest BCUT2D eigenvalue weighted by molar-refractivity contribution is 5.89. The van der Waals surface area contributed by atoms with Crippen molar-refractivity contribution in [3.8, 4) is 0 Å². The number of carbonyl (C=O) groups excluding carboxylic acids is 1. The molecule has 1 aromatic rings. The van der Waals surface area contributed by atoms with Gasteiger partial charge in [-0.05, 0) is 38.9 Å². The summed E-state index contributed by atoms with van der Waals surface area (Å²) in [4.78, 5) is 14.9. The minimum atomic E-state index is -0.339. The molecule has 0 aliphatic heterocycles. The van der Waals surface area contributed by atoms with Crippen molar-refractivity contribution in [2.45, 2.75) is 53.0 Å². The highest BCUT2D eigenvalue weighted by Crippen LogP contribution is 2.22. The van der Waals surface area contributed by atoms with Gasteiger partial charge < -0.3 is 0 Å². The predicted molar refractivity (Wildman–Crippen MR) is 81.5 cm³/mol. The molecule has 0 radical (unpaired) electrons. The van der Waals surface area contributed by atoms with Gasteiger partial charge >= 0.3 is 0 Å². The van der Waals surface area contributed by atoms with Gasteiger partial charge in [-0.15, -0.1) is 0 Å². The highest BCUT2D eigenvalue weighted by atomic mass is 16.1. The molecule has 0 heterocycles. The first-order valence-electron chi connectivity index (χ1n) is 7.31. The lowest BCUT2D eigenvalue weighted by Crippen LogP contribution is -2.52. The van der Waals surface area contributed by atoms with Gasteiger partial charge in [0.2, 0.25) is 0 Å². The molecule has 0 amide bonds. The van der Waals surface area contributed by atoms with Crippen molar-refractivity contribution in [3.63, 3.8) is 0 Å². The summed E-state index contributed by atoms with van der Waals surface area (Å²) in [5.74, 6) is 0.322. The van der Waals surface area contributed by atoms with E-state index in [4.69, 9.17) is 0 Å². The second-order valence-corrected chi connectivity index (χ2v) is 5.39. The van der Waals surface area contributed by atoms with Gasteiger partial charge in [0, 0.05) is 6.42 Å². The molecule has 0 fully saturated rings. The van der Waals surface area contributed by atoms with Gasteiger partial charge in [-0.1, -0.05) is 50.6 Å². The highest BCUT2D eigenvalue weighted by Gasteiger charge is 2.35. The minimum Gasteiger partial charge on any atom is -0.297 e. The monoisotopic (exact) mass is 261 g/mol. The molecule has 1 unspecified atom stereocenters. The van der Waals surface area contributed by atoms with Crippen LogP contribution < -0.4 is 0 Å². The number of rotatable bonds is 7. The molecule has 0 aliphatic rings. The third-order valence-electron chi connectivity index (χ3n) is 4.24. The van der Waals surface area contributed by atoms with Crippen molar-refractivity contribution in [2.24, 2.45) is 0 Å². The molecule has 0 N–H and O–H groups in total. The Morgan fingerprint density at radius 2 is 1.63 bits per heavy atom. The van der Waals surface area contributed by atoms with Crippen molar-refractivity contribution in [3.05, 3.63) is 35.4 Å². The average molecular weight is 261 g/mol. The first-order valence-corrected chi connectivity index (χ1v) is 7.31. The maximum Gasteiger partial charge on any atom is 0.157 e. The first kappa shape index (κ1) is 15.9. The average Bonchev–Trinajstić information content (AvgIpc) is 2.42. The van der Waals surface area contributed by atoms with Gasteiger partial charge in [0.25, 0.3) is 0 Å². The lowest BCUT2D eigenvalue weighted by atomic mass is 9.87. The van der Waals surface area contributed by atoms with Gasteiger partial charge in [0.1, 0.15) is 0 Å². The lowest BCUT2D eigenvalue weighted by molar-refractivity contribution is -0.129. The van der Waals surface area contributed by atoms with Crippen molar-refractivity contribution >= 4 is 5.78 Å². The topological polar surface area (TPSA) is 20.3 Å².